The Morgan fingerprint density at radius 3 is 2.61 bits per heavy atom. The summed E-state index contributed by atoms with van der Waals surface area (Å²) in [6.07, 6.45) is 0.868. The van der Waals surface area contributed by atoms with Crippen LogP contribution in [0.2, 0.25) is 0 Å². The van der Waals surface area contributed by atoms with E-state index in [0.29, 0.717) is 25.9 Å². The van der Waals surface area contributed by atoms with E-state index in [4.69, 9.17) is 0 Å². The lowest BCUT2D eigenvalue weighted by Gasteiger charge is -2.35. The van der Waals surface area contributed by atoms with E-state index in [1.807, 2.05) is 45.0 Å². The van der Waals surface area contributed by atoms with Gasteiger partial charge >= 0.3 is 0 Å². The number of nitrogens with one attached hydrogen (secondary N) is 1. The quantitative estimate of drug-likeness (QED) is 0.852. The summed E-state index contributed by atoms with van der Waals surface area (Å²) in [5.41, 5.74) is 2.44. The second kappa shape index (κ2) is 8.13. The van der Waals surface area contributed by atoms with Crippen LogP contribution in [-0.2, 0) is 21.7 Å². The number of aryl methyl sites for hydroxylation is 1. The van der Waals surface area contributed by atoms with Crippen molar-refractivity contribution in [2.24, 2.45) is 5.92 Å². The molecule has 2 amide bonds. The number of piperidine rings is 1. The molecule has 2 aromatic rings. The summed E-state index contributed by atoms with van der Waals surface area (Å²) in [7, 11) is 0. The average molecular weight is 382 g/mol. The molecule has 0 spiro atoms. The topological polar surface area (TPSA) is 49.4 Å². The summed E-state index contributed by atoms with van der Waals surface area (Å²) in [6.45, 7) is 6.66. The van der Waals surface area contributed by atoms with Crippen LogP contribution in [0.3, 0.4) is 0 Å². The van der Waals surface area contributed by atoms with Gasteiger partial charge in [-0.25, -0.2) is 4.39 Å². The van der Waals surface area contributed by atoms with Gasteiger partial charge < -0.3 is 10.2 Å². The van der Waals surface area contributed by atoms with Crippen molar-refractivity contribution >= 4 is 11.8 Å². The lowest BCUT2D eigenvalue weighted by Crippen LogP contribution is -2.49. The van der Waals surface area contributed by atoms with Gasteiger partial charge in [0.15, 0.2) is 0 Å². The van der Waals surface area contributed by atoms with Gasteiger partial charge in [-0.15, -0.1) is 0 Å². The lowest BCUT2D eigenvalue weighted by atomic mass is 9.90. The predicted octanol–water partition coefficient (Wildman–Crippen LogP) is 3.92. The van der Waals surface area contributed by atoms with Gasteiger partial charge in [0.25, 0.3) is 0 Å². The smallest absolute Gasteiger partial charge is 0.225 e. The van der Waals surface area contributed by atoms with E-state index in [9.17, 15) is 14.0 Å². The third kappa shape index (κ3) is 4.77. The zero-order valence-electron chi connectivity index (χ0n) is 16.7. The predicted molar refractivity (Wildman–Crippen MR) is 107 cm³/mol. The maximum Gasteiger partial charge on any atom is 0.225 e. The van der Waals surface area contributed by atoms with Gasteiger partial charge in [-0.05, 0) is 50.5 Å². The molecule has 148 valence electrons. The molecular formula is C23H27FN2O2. The molecule has 28 heavy (non-hydrogen) atoms. The largest absolute Gasteiger partial charge is 0.347 e. The molecule has 5 heteroatoms. The number of hydrogen-bond donors (Lipinski definition) is 1. The number of hydrogen-bond acceptors (Lipinski definition) is 2. The Bertz CT molecular complexity index is 861. The maximum atomic E-state index is 13.4. The number of carbonyl (C=O) groups excluding carboxylic acids is 2. The molecule has 1 unspecified atom stereocenters. The van der Waals surface area contributed by atoms with Crippen molar-refractivity contribution in [2.45, 2.75) is 45.7 Å². The average Bonchev–Trinajstić information content (AvgIpc) is 2.63. The molecule has 2 aromatic carbocycles. The Hall–Kier alpha value is -2.69. The first-order valence-electron chi connectivity index (χ1n) is 9.66. The Morgan fingerprint density at radius 1 is 1.21 bits per heavy atom. The number of rotatable bonds is 5. The van der Waals surface area contributed by atoms with Crippen LogP contribution in [0.1, 0.15) is 43.4 Å². The number of benzene rings is 2. The summed E-state index contributed by atoms with van der Waals surface area (Å²) >= 11 is 0. The van der Waals surface area contributed by atoms with Crippen LogP contribution < -0.4 is 5.32 Å². The minimum atomic E-state index is -0.500. The molecule has 0 radical (unpaired) electrons. The van der Waals surface area contributed by atoms with Crippen LogP contribution in [0.15, 0.2) is 48.5 Å². The van der Waals surface area contributed by atoms with E-state index < -0.39 is 5.54 Å². The van der Waals surface area contributed by atoms with Crippen molar-refractivity contribution in [1.82, 2.24) is 10.2 Å². The van der Waals surface area contributed by atoms with Crippen molar-refractivity contribution < 1.29 is 14.0 Å². The zero-order chi connectivity index (χ0) is 20.3. The van der Waals surface area contributed by atoms with Crippen molar-refractivity contribution in [1.29, 1.82) is 0 Å². The van der Waals surface area contributed by atoms with Crippen molar-refractivity contribution in [3.8, 4) is 0 Å². The Morgan fingerprint density at radius 2 is 1.93 bits per heavy atom. The third-order valence-electron chi connectivity index (χ3n) is 5.34. The van der Waals surface area contributed by atoms with E-state index in [1.54, 1.807) is 17.0 Å². The summed E-state index contributed by atoms with van der Waals surface area (Å²) in [4.78, 5) is 26.8. The summed E-state index contributed by atoms with van der Waals surface area (Å²) in [6, 6.07) is 14.3. The standard InChI is InChI=1S/C23H27FN2O2/c1-16-7-10-19(11-8-16)23(2,3)25-22(28)18-9-12-21(27)26(15-18)14-17-5-4-6-20(24)13-17/h4-8,10-11,13,18H,9,12,14-15H2,1-3H3,(H,25,28). The van der Waals surface area contributed by atoms with Gasteiger partial charge in [-0.2, -0.15) is 0 Å². The molecule has 0 saturated carbocycles. The highest BCUT2D eigenvalue weighted by Gasteiger charge is 2.33. The molecule has 0 bridgehead atoms. The van der Waals surface area contributed by atoms with Crippen LogP contribution in [0.25, 0.3) is 0 Å². The van der Waals surface area contributed by atoms with E-state index in [1.165, 1.54) is 17.7 Å². The first-order valence-corrected chi connectivity index (χ1v) is 9.66. The molecular weight excluding hydrogens is 355 g/mol. The van der Waals surface area contributed by atoms with Crippen LogP contribution in [0, 0.1) is 18.7 Å². The fourth-order valence-electron chi connectivity index (χ4n) is 3.59. The summed E-state index contributed by atoms with van der Waals surface area (Å²) in [5, 5.41) is 3.13. The van der Waals surface area contributed by atoms with Crippen molar-refractivity contribution in [2.75, 3.05) is 6.54 Å². The number of amides is 2. The van der Waals surface area contributed by atoms with E-state index in [-0.39, 0.29) is 23.5 Å². The first kappa shape index (κ1) is 20.1. The van der Waals surface area contributed by atoms with Gasteiger partial charge in [0, 0.05) is 19.5 Å². The molecule has 1 atom stereocenters. The lowest BCUT2D eigenvalue weighted by molar-refractivity contribution is -0.139. The first-order chi connectivity index (χ1) is 13.2. The van der Waals surface area contributed by atoms with Crippen molar-refractivity contribution in [3.63, 3.8) is 0 Å². The monoisotopic (exact) mass is 382 g/mol. The van der Waals surface area contributed by atoms with Crippen LogP contribution in [0.4, 0.5) is 4.39 Å². The third-order valence-corrected chi connectivity index (χ3v) is 5.34. The van der Waals surface area contributed by atoms with E-state index >= 15 is 0 Å². The summed E-state index contributed by atoms with van der Waals surface area (Å²) in [5.74, 6) is -0.638. The molecule has 0 aliphatic carbocycles. The zero-order valence-corrected chi connectivity index (χ0v) is 16.7. The Balaban J connectivity index is 1.66. The summed E-state index contributed by atoms with van der Waals surface area (Å²) < 4.78 is 13.4. The minimum absolute atomic E-state index is 0.00565. The van der Waals surface area contributed by atoms with E-state index in [2.05, 4.69) is 5.32 Å². The molecule has 1 saturated heterocycles. The molecule has 1 heterocycles. The molecule has 3 rings (SSSR count). The highest BCUT2D eigenvalue weighted by Crippen LogP contribution is 2.24. The van der Waals surface area contributed by atoms with Gasteiger partial charge in [0.05, 0.1) is 11.5 Å². The van der Waals surface area contributed by atoms with E-state index in [0.717, 1.165) is 11.1 Å². The molecule has 0 aromatic heterocycles. The highest BCUT2D eigenvalue weighted by atomic mass is 19.1. The molecule has 1 fully saturated rings. The fourth-order valence-corrected chi connectivity index (χ4v) is 3.59. The van der Waals surface area contributed by atoms with Gasteiger partial charge in [0.1, 0.15) is 5.82 Å². The fraction of sp³-hybridized carbons (Fsp3) is 0.391. The van der Waals surface area contributed by atoms with Gasteiger partial charge in [-0.1, -0.05) is 42.0 Å². The molecule has 1 N–H and O–H groups in total. The maximum absolute atomic E-state index is 13.4. The normalized spacial score (nSPS) is 17.5. The minimum Gasteiger partial charge on any atom is -0.347 e. The highest BCUT2D eigenvalue weighted by molar-refractivity contribution is 5.84. The Labute approximate surface area is 165 Å². The van der Waals surface area contributed by atoms with Crippen molar-refractivity contribution in [3.05, 3.63) is 71.0 Å². The number of carbonyl (C=O) groups is 2. The second-order valence-corrected chi connectivity index (χ2v) is 8.12. The molecule has 1 aliphatic heterocycles. The van der Waals surface area contributed by atoms with Crippen LogP contribution in [0.5, 0.6) is 0 Å². The molecule has 4 nitrogen and oxygen atoms in total. The van der Waals surface area contributed by atoms with Crippen LogP contribution >= 0.6 is 0 Å². The second-order valence-electron chi connectivity index (χ2n) is 8.12. The van der Waals surface area contributed by atoms with Crippen LogP contribution in [-0.4, -0.2) is 23.3 Å². The van der Waals surface area contributed by atoms with Gasteiger partial charge in [-0.3, -0.25) is 9.59 Å². The number of nitrogens with zero attached hydrogens (tertiary/aromatic N) is 1. The molecule has 1 aliphatic rings. The number of halogens is 1. The SMILES string of the molecule is Cc1ccc(C(C)(C)NC(=O)C2CCC(=O)N(Cc3cccc(F)c3)C2)cc1. The van der Waals surface area contributed by atoms with Gasteiger partial charge in [0.2, 0.25) is 11.8 Å². The number of likely N-dealkylation sites (tertiary alicyclic amines) is 1. The Kier molecular flexibility index (Phi) is 5.82.